The molecule has 0 unspecified atom stereocenters. The molecule has 4 N–H and O–H groups in total. The standard InChI is InChI=1S/C19H20N4O2/c1-2-20-18(24)14-7-5-8-15(11-14)23-19(25)21-12-16-10-13-6-3-4-9-17(13)22-16/h3-11,22H,2,12H2,1H3,(H,20,24)(H2,21,23,25). The van der Waals surface area contributed by atoms with E-state index < -0.39 is 0 Å². The van der Waals surface area contributed by atoms with Gasteiger partial charge in [-0.05, 0) is 42.6 Å². The second-order valence-corrected chi connectivity index (χ2v) is 5.63. The van der Waals surface area contributed by atoms with E-state index in [0.29, 0.717) is 24.3 Å². The van der Waals surface area contributed by atoms with Crippen LogP contribution in [0.2, 0.25) is 0 Å². The molecule has 1 aromatic heterocycles. The van der Waals surface area contributed by atoms with Crippen LogP contribution in [0.3, 0.4) is 0 Å². The first-order valence-corrected chi connectivity index (χ1v) is 8.15. The van der Waals surface area contributed by atoms with Gasteiger partial charge in [0.1, 0.15) is 0 Å². The summed E-state index contributed by atoms with van der Waals surface area (Å²) in [4.78, 5) is 27.2. The van der Waals surface area contributed by atoms with Crippen molar-refractivity contribution < 1.29 is 9.59 Å². The quantitative estimate of drug-likeness (QED) is 0.576. The predicted molar refractivity (Wildman–Crippen MR) is 98.6 cm³/mol. The average molecular weight is 336 g/mol. The van der Waals surface area contributed by atoms with Gasteiger partial charge in [-0.25, -0.2) is 4.79 Å². The van der Waals surface area contributed by atoms with Crippen molar-refractivity contribution in [3.05, 3.63) is 65.9 Å². The Bertz CT molecular complexity index is 868. The van der Waals surface area contributed by atoms with Gasteiger partial charge in [0, 0.05) is 29.0 Å². The van der Waals surface area contributed by atoms with Gasteiger partial charge < -0.3 is 20.9 Å². The van der Waals surface area contributed by atoms with Gasteiger partial charge in [-0.1, -0.05) is 24.3 Å². The minimum Gasteiger partial charge on any atom is -0.357 e. The van der Waals surface area contributed by atoms with Gasteiger partial charge in [0.15, 0.2) is 0 Å². The Balaban J connectivity index is 1.59. The summed E-state index contributed by atoms with van der Waals surface area (Å²) >= 11 is 0. The third-order valence-corrected chi connectivity index (χ3v) is 3.75. The summed E-state index contributed by atoms with van der Waals surface area (Å²) in [6, 6.07) is 16.5. The summed E-state index contributed by atoms with van der Waals surface area (Å²) < 4.78 is 0. The monoisotopic (exact) mass is 336 g/mol. The molecule has 128 valence electrons. The average Bonchev–Trinajstić information content (AvgIpc) is 3.03. The fraction of sp³-hybridized carbons (Fsp3) is 0.158. The Morgan fingerprint density at radius 2 is 1.84 bits per heavy atom. The molecule has 0 fully saturated rings. The predicted octanol–water partition coefficient (Wildman–Crippen LogP) is 3.24. The zero-order chi connectivity index (χ0) is 17.6. The van der Waals surface area contributed by atoms with Crippen molar-refractivity contribution in [3.8, 4) is 0 Å². The number of hydrogen-bond donors (Lipinski definition) is 4. The molecule has 3 aromatic rings. The minimum atomic E-state index is -0.327. The molecule has 0 bridgehead atoms. The van der Waals surface area contributed by atoms with E-state index in [4.69, 9.17) is 0 Å². The number of nitrogens with one attached hydrogen (secondary N) is 4. The molecule has 0 saturated heterocycles. The number of aromatic amines is 1. The van der Waals surface area contributed by atoms with E-state index in [1.807, 2.05) is 37.3 Å². The third-order valence-electron chi connectivity index (χ3n) is 3.75. The first kappa shape index (κ1) is 16.6. The number of benzene rings is 2. The van der Waals surface area contributed by atoms with Gasteiger partial charge in [0.05, 0.1) is 6.54 Å². The maximum absolute atomic E-state index is 12.1. The summed E-state index contributed by atoms with van der Waals surface area (Å²) in [6.45, 7) is 2.80. The van der Waals surface area contributed by atoms with Gasteiger partial charge in [-0.15, -0.1) is 0 Å². The Morgan fingerprint density at radius 1 is 1.00 bits per heavy atom. The van der Waals surface area contributed by atoms with Crippen LogP contribution in [0.4, 0.5) is 10.5 Å². The van der Waals surface area contributed by atoms with Gasteiger partial charge in [-0.3, -0.25) is 4.79 Å². The zero-order valence-electron chi connectivity index (χ0n) is 13.9. The third kappa shape index (κ3) is 4.17. The number of aromatic nitrogens is 1. The molecular formula is C19H20N4O2. The number of para-hydroxylation sites is 1. The molecule has 0 radical (unpaired) electrons. The highest BCUT2D eigenvalue weighted by Crippen LogP contribution is 2.14. The molecule has 0 atom stereocenters. The van der Waals surface area contributed by atoms with Gasteiger partial charge in [0.25, 0.3) is 5.91 Å². The Morgan fingerprint density at radius 3 is 2.64 bits per heavy atom. The van der Waals surface area contributed by atoms with Crippen molar-refractivity contribution >= 4 is 28.5 Å². The molecule has 0 aliphatic heterocycles. The molecule has 0 saturated carbocycles. The van der Waals surface area contributed by atoms with Crippen molar-refractivity contribution in [1.82, 2.24) is 15.6 Å². The Kier molecular flexibility index (Phi) is 4.99. The molecule has 0 spiro atoms. The van der Waals surface area contributed by atoms with Crippen molar-refractivity contribution in [3.63, 3.8) is 0 Å². The second-order valence-electron chi connectivity index (χ2n) is 5.63. The molecule has 25 heavy (non-hydrogen) atoms. The highest BCUT2D eigenvalue weighted by Gasteiger charge is 2.07. The van der Waals surface area contributed by atoms with Crippen LogP contribution in [0, 0.1) is 0 Å². The first-order chi connectivity index (χ1) is 12.2. The lowest BCUT2D eigenvalue weighted by Crippen LogP contribution is -2.28. The van der Waals surface area contributed by atoms with Crippen LogP contribution in [-0.4, -0.2) is 23.5 Å². The lowest BCUT2D eigenvalue weighted by molar-refractivity contribution is 0.0956. The maximum Gasteiger partial charge on any atom is 0.319 e. The molecular weight excluding hydrogens is 316 g/mol. The smallest absolute Gasteiger partial charge is 0.319 e. The summed E-state index contributed by atoms with van der Waals surface area (Å²) in [5.41, 5.74) is 3.04. The number of anilines is 1. The van der Waals surface area contributed by atoms with E-state index in [2.05, 4.69) is 20.9 Å². The van der Waals surface area contributed by atoms with Gasteiger partial charge >= 0.3 is 6.03 Å². The number of fused-ring (bicyclic) bond motifs is 1. The fourth-order valence-electron chi connectivity index (χ4n) is 2.58. The molecule has 6 nitrogen and oxygen atoms in total. The van der Waals surface area contributed by atoms with Crippen LogP contribution in [0.15, 0.2) is 54.6 Å². The van der Waals surface area contributed by atoms with Crippen LogP contribution >= 0.6 is 0 Å². The molecule has 1 heterocycles. The number of hydrogen-bond acceptors (Lipinski definition) is 2. The number of H-pyrrole nitrogens is 1. The topological polar surface area (TPSA) is 86.0 Å². The van der Waals surface area contributed by atoms with Crippen LogP contribution < -0.4 is 16.0 Å². The van der Waals surface area contributed by atoms with E-state index in [1.54, 1.807) is 24.3 Å². The van der Waals surface area contributed by atoms with Crippen LogP contribution in [0.5, 0.6) is 0 Å². The van der Waals surface area contributed by atoms with Crippen molar-refractivity contribution in [2.75, 3.05) is 11.9 Å². The summed E-state index contributed by atoms with van der Waals surface area (Å²) in [5.74, 6) is -0.162. The van der Waals surface area contributed by atoms with E-state index in [0.717, 1.165) is 16.6 Å². The molecule has 6 heteroatoms. The fourth-order valence-corrected chi connectivity index (χ4v) is 2.58. The van der Waals surface area contributed by atoms with E-state index in [9.17, 15) is 9.59 Å². The molecule has 0 aliphatic carbocycles. The zero-order valence-corrected chi connectivity index (χ0v) is 13.9. The second kappa shape index (κ2) is 7.53. The lowest BCUT2D eigenvalue weighted by Gasteiger charge is -2.08. The van der Waals surface area contributed by atoms with Crippen molar-refractivity contribution in [2.24, 2.45) is 0 Å². The molecule has 3 amide bonds. The number of amides is 3. The lowest BCUT2D eigenvalue weighted by atomic mass is 10.2. The van der Waals surface area contributed by atoms with E-state index >= 15 is 0 Å². The first-order valence-electron chi connectivity index (χ1n) is 8.15. The van der Waals surface area contributed by atoms with Gasteiger partial charge in [0.2, 0.25) is 0 Å². The molecule has 2 aromatic carbocycles. The Hall–Kier alpha value is -3.28. The number of rotatable bonds is 5. The van der Waals surface area contributed by atoms with Crippen LogP contribution in [0.1, 0.15) is 23.0 Å². The largest absolute Gasteiger partial charge is 0.357 e. The highest BCUT2D eigenvalue weighted by molar-refractivity contribution is 5.96. The minimum absolute atomic E-state index is 0.162. The van der Waals surface area contributed by atoms with Gasteiger partial charge in [-0.2, -0.15) is 0 Å². The van der Waals surface area contributed by atoms with Crippen LogP contribution in [0.25, 0.3) is 10.9 Å². The summed E-state index contributed by atoms with van der Waals surface area (Å²) in [6.07, 6.45) is 0. The van der Waals surface area contributed by atoms with E-state index in [1.165, 1.54) is 0 Å². The summed E-state index contributed by atoms with van der Waals surface area (Å²) in [7, 11) is 0. The van der Waals surface area contributed by atoms with Crippen molar-refractivity contribution in [2.45, 2.75) is 13.5 Å². The molecule has 0 aliphatic rings. The number of carbonyl (C=O) groups excluding carboxylic acids is 2. The van der Waals surface area contributed by atoms with Crippen LogP contribution in [-0.2, 0) is 6.54 Å². The highest BCUT2D eigenvalue weighted by atomic mass is 16.2. The van der Waals surface area contributed by atoms with Crippen molar-refractivity contribution in [1.29, 1.82) is 0 Å². The normalized spacial score (nSPS) is 10.4. The molecule has 3 rings (SSSR count). The Labute approximate surface area is 145 Å². The maximum atomic E-state index is 12.1. The summed E-state index contributed by atoms with van der Waals surface area (Å²) in [5, 5.41) is 9.38. The number of carbonyl (C=O) groups is 2. The number of urea groups is 1. The SMILES string of the molecule is CCNC(=O)c1cccc(NC(=O)NCc2cc3ccccc3[nH]2)c1. The van der Waals surface area contributed by atoms with E-state index in [-0.39, 0.29) is 11.9 Å².